The van der Waals surface area contributed by atoms with E-state index in [1.165, 1.54) is 25.7 Å². The number of hydrogen-bond donors (Lipinski definition) is 1. The minimum atomic E-state index is 0.470. The molecule has 86 valence electrons. The smallest absolute Gasteiger partial charge is 0.0731 e. The maximum Gasteiger partial charge on any atom is 0.0731 e. The van der Waals surface area contributed by atoms with Crippen LogP contribution in [0, 0.1) is 0 Å². The Balaban J connectivity index is 1.94. The molecule has 1 heterocycles. The van der Waals surface area contributed by atoms with Crippen molar-refractivity contribution >= 4 is 0 Å². The monoisotopic (exact) mass is 210 g/mol. The molecule has 0 aromatic carbocycles. The van der Waals surface area contributed by atoms with E-state index in [0.717, 1.165) is 25.3 Å². The van der Waals surface area contributed by atoms with Crippen molar-refractivity contribution in [3.63, 3.8) is 0 Å². The Labute approximate surface area is 92.3 Å². The average Bonchev–Trinajstić information content (AvgIpc) is 2.29. The molecule has 1 aliphatic carbocycles. The first-order valence-corrected chi connectivity index (χ1v) is 6.03. The van der Waals surface area contributed by atoms with Gasteiger partial charge in [0.2, 0.25) is 0 Å². The highest BCUT2D eigenvalue weighted by atomic mass is 16.5. The molecule has 1 aliphatic heterocycles. The van der Waals surface area contributed by atoms with Gasteiger partial charge in [-0.2, -0.15) is 0 Å². The third-order valence-corrected chi connectivity index (χ3v) is 3.56. The zero-order chi connectivity index (χ0) is 10.7. The van der Waals surface area contributed by atoms with Crippen LogP contribution in [0.15, 0.2) is 12.2 Å². The summed E-state index contributed by atoms with van der Waals surface area (Å²) in [6.07, 6.45) is 5.65. The Morgan fingerprint density at radius 2 is 2.20 bits per heavy atom. The summed E-state index contributed by atoms with van der Waals surface area (Å²) in [5.41, 5.74) is 6.74. The second-order valence-corrected chi connectivity index (χ2v) is 4.69. The van der Waals surface area contributed by atoms with E-state index in [0.29, 0.717) is 18.7 Å². The summed E-state index contributed by atoms with van der Waals surface area (Å²) in [5, 5.41) is 0. The highest BCUT2D eigenvalue weighted by molar-refractivity contribution is 5.01. The zero-order valence-corrected chi connectivity index (χ0v) is 9.45. The molecule has 1 saturated heterocycles. The molecular formula is C12H22N2O. The molecule has 15 heavy (non-hydrogen) atoms. The molecule has 2 unspecified atom stereocenters. The van der Waals surface area contributed by atoms with Crippen molar-refractivity contribution in [2.75, 3.05) is 26.2 Å². The molecule has 2 atom stereocenters. The van der Waals surface area contributed by atoms with Gasteiger partial charge in [-0.15, -0.1) is 0 Å². The second kappa shape index (κ2) is 5.10. The molecule has 0 amide bonds. The van der Waals surface area contributed by atoms with Gasteiger partial charge in [0.15, 0.2) is 0 Å². The average molecular weight is 210 g/mol. The molecule has 2 fully saturated rings. The fourth-order valence-corrected chi connectivity index (χ4v) is 2.72. The van der Waals surface area contributed by atoms with Crippen molar-refractivity contribution in [1.82, 2.24) is 4.90 Å². The SMILES string of the molecule is C=C(CN)CN1CCOC2CCCCC21. The Kier molecular flexibility index (Phi) is 3.78. The van der Waals surface area contributed by atoms with Crippen molar-refractivity contribution in [3.05, 3.63) is 12.2 Å². The van der Waals surface area contributed by atoms with Crippen LogP contribution in [-0.2, 0) is 4.74 Å². The molecule has 2 N–H and O–H groups in total. The first-order valence-electron chi connectivity index (χ1n) is 6.03. The molecule has 2 rings (SSSR count). The summed E-state index contributed by atoms with van der Waals surface area (Å²) < 4.78 is 5.82. The van der Waals surface area contributed by atoms with Crippen molar-refractivity contribution in [3.8, 4) is 0 Å². The maximum absolute atomic E-state index is 5.82. The Bertz CT molecular complexity index is 228. The van der Waals surface area contributed by atoms with Gasteiger partial charge >= 0.3 is 0 Å². The molecule has 1 saturated carbocycles. The van der Waals surface area contributed by atoms with Gasteiger partial charge in [-0.05, 0) is 18.4 Å². The molecule has 0 aromatic heterocycles. The minimum absolute atomic E-state index is 0.470. The van der Waals surface area contributed by atoms with Gasteiger partial charge in [0.05, 0.1) is 12.7 Å². The number of rotatable bonds is 3. The summed E-state index contributed by atoms with van der Waals surface area (Å²) in [7, 11) is 0. The lowest BCUT2D eigenvalue weighted by Crippen LogP contribution is -2.53. The van der Waals surface area contributed by atoms with E-state index in [1.54, 1.807) is 0 Å². The molecule has 0 bridgehead atoms. The van der Waals surface area contributed by atoms with E-state index >= 15 is 0 Å². The number of fused-ring (bicyclic) bond motifs is 1. The van der Waals surface area contributed by atoms with Crippen LogP contribution < -0.4 is 5.73 Å². The van der Waals surface area contributed by atoms with Crippen LogP contribution in [0.1, 0.15) is 25.7 Å². The predicted molar refractivity (Wildman–Crippen MR) is 61.8 cm³/mol. The summed E-state index contributed by atoms with van der Waals surface area (Å²) in [5.74, 6) is 0. The lowest BCUT2D eigenvalue weighted by Gasteiger charge is -2.44. The van der Waals surface area contributed by atoms with E-state index in [4.69, 9.17) is 10.5 Å². The third kappa shape index (κ3) is 2.60. The molecule has 0 radical (unpaired) electrons. The highest BCUT2D eigenvalue weighted by Crippen LogP contribution is 2.28. The Morgan fingerprint density at radius 1 is 1.40 bits per heavy atom. The van der Waals surface area contributed by atoms with Crippen LogP contribution in [0.3, 0.4) is 0 Å². The highest BCUT2D eigenvalue weighted by Gasteiger charge is 2.33. The first-order chi connectivity index (χ1) is 7.31. The van der Waals surface area contributed by atoms with Gasteiger partial charge in [-0.25, -0.2) is 0 Å². The van der Waals surface area contributed by atoms with Crippen LogP contribution in [-0.4, -0.2) is 43.3 Å². The molecule has 3 heteroatoms. The topological polar surface area (TPSA) is 38.5 Å². The molecule has 0 spiro atoms. The van der Waals surface area contributed by atoms with Crippen molar-refractivity contribution in [1.29, 1.82) is 0 Å². The van der Waals surface area contributed by atoms with Crippen molar-refractivity contribution < 1.29 is 4.74 Å². The van der Waals surface area contributed by atoms with E-state index in [-0.39, 0.29) is 0 Å². The molecule has 2 aliphatic rings. The number of morpholine rings is 1. The predicted octanol–water partition coefficient (Wildman–Crippen LogP) is 1.14. The first kappa shape index (κ1) is 11.1. The van der Waals surface area contributed by atoms with E-state index < -0.39 is 0 Å². The normalized spacial score (nSPS) is 32.3. The van der Waals surface area contributed by atoms with Crippen LogP contribution in [0.25, 0.3) is 0 Å². The van der Waals surface area contributed by atoms with Crippen molar-refractivity contribution in [2.45, 2.75) is 37.8 Å². The number of nitrogens with two attached hydrogens (primary N) is 1. The third-order valence-electron chi connectivity index (χ3n) is 3.56. The Morgan fingerprint density at radius 3 is 3.00 bits per heavy atom. The fraction of sp³-hybridized carbons (Fsp3) is 0.833. The van der Waals surface area contributed by atoms with E-state index in [2.05, 4.69) is 11.5 Å². The van der Waals surface area contributed by atoms with Crippen LogP contribution in [0.2, 0.25) is 0 Å². The van der Waals surface area contributed by atoms with Gasteiger partial charge in [0.1, 0.15) is 0 Å². The van der Waals surface area contributed by atoms with Crippen LogP contribution in [0.5, 0.6) is 0 Å². The second-order valence-electron chi connectivity index (χ2n) is 4.69. The molecule has 0 aromatic rings. The van der Waals surface area contributed by atoms with Gasteiger partial charge in [-0.3, -0.25) is 4.90 Å². The van der Waals surface area contributed by atoms with E-state index in [1.807, 2.05) is 0 Å². The number of ether oxygens (including phenoxy) is 1. The van der Waals surface area contributed by atoms with Crippen LogP contribution in [0.4, 0.5) is 0 Å². The lowest BCUT2D eigenvalue weighted by molar-refractivity contribution is -0.0849. The minimum Gasteiger partial charge on any atom is -0.375 e. The van der Waals surface area contributed by atoms with E-state index in [9.17, 15) is 0 Å². The summed E-state index contributed by atoms with van der Waals surface area (Å²) >= 11 is 0. The van der Waals surface area contributed by atoms with Gasteiger partial charge in [-0.1, -0.05) is 19.4 Å². The zero-order valence-electron chi connectivity index (χ0n) is 9.45. The quantitative estimate of drug-likeness (QED) is 0.710. The van der Waals surface area contributed by atoms with Crippen molar-refractivity contribution in [2.24, 2.45) is 5.73 Å². The summed E-state index contributed by atoms with van der Waals surface area (Å²) in [6, 6.07) is 0.621. The Hall–Kier alpha value is -0.380. The lowest BCUT2D eigenvalue weighted by atomic mass is 9.90. The number of hydrogen-bond acceptors (Lipinski definition) is 3. The van der Waals surface area contributed by atoms with Gasteiger partial charge in [0.25, 0.3) is 0 Å². The largest absolute Gasteiger partial charge is 0.375 e. The molecule has 3 nitrogen and oxygen atoms in total. The standard InChI is InChI=1S/C12H22N2O/c1-10(8-13)9-14-6-7-15-12-5-3-2-4-11(12)14/h11-12H,1-9,13H2. The molecular weight excluding hydrogens is 188 g/mol. The fourth-order valence-electron chi connectivity index (χ4n) is 2.72. The number of nitrogens with zero attached hydrogens (tertiary/aromatic N) is 1. The van der Waals surface area contributed by atoms with Gasteiger partial charge < -0.3 is 10.5 Å². The summed E-state index contributed by atoms with van der Waals surface area (Å²) in [4.78, 5) is 2.52. The maximum atomic E-state index is 5.82. The van der Waals surface area contributed by atoms with Crippen LogP contribution >= 0.6 is 0 Å². The van der Waals surface area contributed by atoms with Gasteiger partial charge in [0, 0.05) is 25.7 Å². The summed E-state index contributed by atoms with van der Waals surface area (Å²) in [6.45, 7) is 7.48.